The van der Waals surface area contributed by atoms with E-state index < -0.39 is 11.3 Å². The van der Waals surface area contributed by atoms with Gasteiger partial charge in [-0.2, -0.15) is 0 Å². The molecular weight excluding hydrogens is 416 g/mol. The minimum atomic E-state index is -0.771. The van der Waals surface area contributed by atoms with E-state index in [9.17, 15) is 9.59 Å². The average molecular weight is 467 g/mol. The van der Waals surface area contributed by atoms with Gasteiger partial charge in [0.15, 0.2) is 0 Å². The van der Waals surface area contributed by atoms with E-state index in [1.807, 2.05) is 39.5 Å². The Morgan fingerprint density at radius 3 is 2.33 bits per heavy atom. The highest BCUT2D eigenvalue weighted by molar-refractivity contribution is 5.79. The van der Waals surface area contributed by atoms with Crippen molar-refractivity contribution in [1.82, 2.24) is 10.2 Å². The summed E-state index contributed by atoms with van der Waals surface area (Å²) in [5, 5.41) is 3.12. The van der Waals surface area contributed by atoms with Crippen LogP contribution in [0.4, 0.5) is 4.79 Å². The summed E-state index contributed by atoms with van der Waals surface area (Å²) in [7, 11) is 0. The molecule has 1 N–H and O–H groups in total. The zero-order valence-electron chi connectivity index (χ0n) is 22.5. The van der Waals surface area contributed by atoms with Crippen LogP contribution in [0.3, 0.4) is 0 Å². The number of carbonyl (C=O) groups excluding carboxylic acids is 2. The number of hydrogen-bond acceptors (Lipinski definition) is 4. The van der Waals surface area contributed by atoms with Gasteiger partial charge in [0.05, 0.1) is 12.1 Å². The third-order valence-corrected chi connectivity index (χ3v) is 7.13. The van der Waals surface area contributed by atoms with Crippen molar-refractivity contribution in [3.63, 3.8) is 0 Å². The number of ether oxygens (including phenoxy) is 2. The van der Waals surface area contributed by atoms with Crippen molar-refractivity contribution in [3.05, 3.63) is 0 Å². The van der Waals surface area contributed by atoms with Gasteiger partial charge in [-0.05, 0) is 65.7 Å². The second kappa shape index (κ2) is 11.9. The van der Waals surface area contributed by atoms with Gasteiger partial charge in [0, 0.05) is 12.5 Å². The predicted molar refractivity (Wildman–Crippen MR) is 133 cm³/mol. The molecule has 1 saturated carbocycles. The van der Waals surface area contributed by atoms with Crippen LogP contribution in [0.2, 0.25) is 0 Å². The van der Waals surface area contributed by atoms with Gasteiger partial charge in [-0.15, -0.1) is 0 Å². The van der Waals surface area contributed by atoms with Gasteiger partial charge in [-0.25, -0.2) is 4.79 Å². The summed E-state index contributed by atoms with van der Waals surface area (Å²) in [5.41, 5.74) is -1.34. The van der Waals surface area contributed by atoms with Gasteiger partial charge in [-0.1, -0.05) is 59.3 Å². The third kappa shape index (κ3) is 8.15. The summed E-state index contributed by atoms with van der Waals surface area (Å²) in [6, 6.07) is -0.0809. The molecule has 6 heteroatoms. The molecule has 3 atom stereocenters. The zero-order chi connectivity index (χ0) is 24.8. The Balaban J connectivity index is 2.26. The van der Waals surface area contributed by atoms with Gasteiger partial charge in [-0.3, -0.25) is 9.69 Å². The van der Waals surface area contributed by atoms with Crippen LogP contribution in [0.25, 0.3) is 0 Å². The smallest absolute Gasteiger partial charge is 0.412 e. The van der Waals surface area contributed by atoms with E-state index in [0.29, 0.717) is 18.9 Å². The molecule has 2 aliphatic rings. The third-order valence-electron chi connectivity index (χ3n) is 7.13. The van der Waals surface area contributed by atoms with E-state index in [2.05, 4.69) is 26.1 Å². The summed E-state index contributed by atoms with van der Waals surface area (Å²) in [4.78, 5) is 28.2. The highest BCUT2D eigenvalue weighted by Gasteiger charge is 2.52. The maximum atomic E-state index is 13.3. The average Bonchev–Trinajstić information content (AvgIpc) is 2.94. The van der Waals surface area contributed by atoms with Crippen molar-refractivity contribution in [2.24, 2.45) is 17.8 Å². The number of carbonyl (C=O) groups is 2. The fourth-order valence-corrected chi connectivity index (χ4v) is 5.42. The number of nitrogens with one attached hydrogen (secondary N) is 1. The van der Waals surface area contributed by atoms with Crippen LogP contribution < -0.4 is 5.32 Å². The molecule has 2 fully saturated rings. The second-order valence-corrected chi connectivity index (χ2v) is 12.0. The molecule has 0 aromatic carbocycles. The van der Waals surface area contributed by atoms with Crippen LogP contribution in [0.1, 0.15) is 113 Å². The van der Waals surface area contributed by atoms with E-state index in [1.54, 1.807) is 0 Å². The van der Waals surface area contributed by atoms with Gasteiger partial charge in [0.2, 0.25) is 5.91 Å². The molecule has 1 saturated heterocycles. The number of hydrogen-bond donors (Lipinski definition) is 1. The van der Waals surface area contributed by atoms with Crippen molar-refractivity contribution in [3.8, 4) is 0 Å². The largest absolute Gasteiger partial charge is 0.444 e. The first-order valence-electron chi connectivity index (χ1n) is 13.3. The molecule has 33 heavy (non-hydrogen) atoms. The van der Waals surface area contributed by atoms with E-state index in [1.165, 1.54) is 32.1 Å². The monoisotopic (exact) mass is 466 g/mol. The van der Waals surface area contributed by atoms with Crippen molar-refractivity contribution in [2.75, 3.05) is 6.54 Å². The van der Waals surface area contributed by atoms with Crippen LogP contribution in [-0.2, 0) is 14.3 Å². The summed E-state index contributed by atoms with van der Waals surface area (Å²) < 4.78 is 12.4. The fraction of sp³-hybridized carbons (Fsp3) is 0.926. The Morgan fingerprint density at radius 1 is 1.15 bits per heavy atom. The van der Waals surface area contributed by atoms with Crippen LogP contribution in [0, 0.1) is 17.8 Å². The molecule has 0 radical (unpaired) electrons. The van der Waals surface area contributed by atoms with Crippen molar-refractivity contribution in [2.45, 2.75) is 137 Å². The lowest BCUT2D eigenvalue weighted by molar-refractivity contribution is -0.129. The molecule has 0 bridgehead atoms. The van der Waals surface area contributed by atoms with Crippen molar-refractivity contribution < 1.29 is 19.1 Å². The number of unbranched alkanes of at least 4 members (excludes halogenated alkanes) is 1. The number of nitrogens with zero attached hydrogens (tertiary/aromatic N) is 1. The maximum Gasteiger partial charge on any atom is 0.412 e. The lowest BCUT2D eigenvalue weighted by Gasteiger charge is -2.37. The highest BCUT2D eigenvalue weighted by Crippen LogP contribution is 2.41. The normalized spacial score (nSPS) is 24.7. The molecule has 1 heterocycles. The van der Waals surface area contributed by atoms with E-state index in [0.717, 1.165) is 19.3 Å². The first kappa shape index (κ1) is 27.9. The minimum Gasteiger partial charge on any atom is -0.444 e. The molecule has 0 unspecified atom stereocenters. The van der Waals surface area contributed by atoms with Crippen LogP contribution in [0.15, 0.2) is 0 Å². The van der Waals surface area contributed by atoms with Gasteiger partial charge in [0.25, 0.3) is 0 Å². The standard InChI is InChI=1S/C27H50N2O4/c1-9-10-16-28-24(30)21(19(2)3)18-23-22(17-20-14-12-11-13-15-20)29(27(7,8)32-23)25(31)33-26(4,5)6/h19-23H,9-18H2,1-8H3,(H,28,30)/t21-,22-,23-/m0/s1. The molecule has 2 amide bonds. The Bertz CT molecular complexity index is 635. The molecule has 0 aromatic rings. The molecule has 6 nitrogen and oxygen atoms in total. The van der Waals surface area contributed by atoms with Crippen molar-refractivity contribution in [1.29, 1.82) is 0 Å². The van der Waals surface area contributed by atoms with Crippen LogP contribution >= 0.6 is 0 Å². The summed E-state index contributed by atoms with van der Waals surface area (Å²) >= 11 is 0. The van der Waals surface area contributed by atoms with E-state index >= 15 is 0 Å². The SMILES string of the molecule is CCCCNC(=O)[C@@H](C[C@@H]1OC(C)(C)N(C(=O)OC(C)(C)C)[C@H]1CC1CCCCC1)C(C)C. The van der Waals surface area contributed by atoms with Gasteiger partial charge >= 0.3 is 6.09 Å². The molecule has 2 rings (SSSR count). The summed E-state index contributed by atoms with van der Waals surface area (Å²) in [6.45, 7) is 16.7. The van der Waals surface area contributed by atoms with Crippen LogP contribution in [0.5, 0.6) is 0 Å². The lowest BCUT2D eigenvalue weighted by atomic mass is 9.81. The minimum absolute atomic E-state index is 0.0809. The van der Waals surface area contributed by atoms with E-state index in [-0.39, 0.29) is 36.0 Å². The zero-order valence-corrected chi connectivity index (χ0v) is 22.5. The highest BCUT2D eigenvalue weighted by atomic mass is 16.6. The fourth-order valence-electron chi connectivity index (χ4n) is 5.42. The second-order valence-electron chi connectivity index (χ2n) is 12.0. The van der Waals surface area contributed by atoms with E-state index in [4.69, 9.17) is 9.47 Å². The van der Waals surface area contributed by atoms with Crippen molar-refractivity contribution >= 4 is 12.0 Å². The maximum absolute atomic E-state index is 13.3. The molecular formula is C27H50N2O4. The lowest BCUT2D eigenvalue weighted by Crippen LogP contribution is -2.51. The molecule has 0 spiro atoms. The first-order chi connectivity index (χ1) is 15.4. The quantitative estimate of drug-likeness (QED) is 0.406. The first-order valence-corrected chi connectivity index (χ1v) is 13.3. The Hall–Kier alpha value is -1.30. The molecule has 192 valence electrons. The number of amides is 2. The Morgan fingerprint density at radius 2 is 1.79 bits per heavy atom. The summed E-state index contributed by atoms with van der Waals surface area (Å²) in [6.07, 6.45) is 9.30. The summed E-state index contributed by atoms with van der Waals surface area (Å²) in [5.74, 6) is 0.746. The number of rotatable bonds is 9. The predicted octanol–water partition coefficient (Wildman–Crippen LogP) is 6.28. The Kier molecular flexibility index (Phi) is 10.1. The van der Waals surface area contributed by atoms with Crippen LogP contribution in [-0.4, -0.2) is 46.9 Å². The molecule has 0 aromatic heterocycles. The molecule has 1 aliphatic carbocycles. The van der Waals surface area contributed by atoms with Gasteiger partial charge < -0.3 is 14.8 Å². The van der Waals surface area contributed by atoms with Gasteiger partial charge in [0.1, 0.15) is 11.3 Å². The Labute approximate surface area is 202 Å². The molecule has 1 aliphatic heterocycles. The topological polar surface area (TPSA) is 67.9 Å².